The van der Waals surface area contributed by atoms with Crippen molar-refractivity contribution < 1.29 is 23.1 Å². The monoisotopic (exact) mass is 442 g/mol. The number of carbonyl (C=O) groups is 1. The van der Waals surface area contributed by atoms with Crippen molar-refractivity contribution in [3.05, 3.63) is 88.7 Å². The summed E-state index contributed by atoms with van der Waals surface area (Å²) < 4.78 is 30.7. The van der Waals surface area contributed by atoms with Crippen LogP contribution in [-0.2, 0) is 29.1 Å². The minimum Gasteiger partial charge on any atom is -0.496 e. The molecule has 1 atom stereocenters. The third kappa shape index (κ3) is 5.04. The van der Waals surface area contributed by atoms with Gasteiger partial charge < -0.3 is 14.4 Å². The highest BCUT2D eigenvalue weighted by Gasteiger charge is 2.35. The van der Waals surface area contributed by atoms with Crippen molar-refractivity contribution >= 4 is 15.8 Å². The Morgan fingerprint density at radius 1 is 1.13 bits per heavy atom. The molecule has 0 amide bonds. The molecule has 1 unspecified atom stereocenters. The molecule has 0 radical (unpaired) electrons. The number of carbonyl (C=O) groups excluding carboxylic acids is 1. The highest BCUT2D eigenvalue weighted by Crippen LogP contribution is 2.29. The van der Waals surface area contributed by atoms with Crippen molar-refractivity contribution in [2.24, 2.45) is 12.2 Å². The molecular formula is C23H26N2O5S. The van der Waals surface area contributed by atoms with E-state index in [0.29, 0.717) is 28.3 Å². The number of methoxy groups -OCH3 is 1. The molecule has 2 aromatic carbocycles. The lowest BCUT2D eigenvalue weighted by atomic mass is 9.91. The van der Waals surface area contributed by atoms with Crippen LogP contribution in [0.3, 0.4) is 0 Å². The van der Waals surface area contributed by atoms with Crippen molar-refractivity contribution in [2.45, 2.75) is 18.9 Å². The van der Waals surface area contributed by atoms with Crippen LogP contribution in [0.1, 0.15) is 32.9 Å². The van der Waals surface area contributed by atoms with E-state index in [2.05, 4.69) is 0 Å². The first-order valence-electron chi connectivity index (χ1n) is 9.66. The summed E-state index contributed by atoms with van der Waals surface area (Å²) in [6.07, 6.45) is -0.0394. The van der Waals surface area contributed by atoms with Gasteiger partial charge in [0.05, 0.1) is 24.1 Å². The van der Waals surface area contributed by atoms with Gasteiger partial charge in [-0.2, -0.15) is 0 Å². The predicted molar refractivity (Wildman–Crippen MR) is 119 cm³/mol. The van der Waals surface area contributed by atoms with Gasteiger partial charge in [-0.25, -0.2) is 13.6 Å². The summed E-state index contributed by atoms with van der Waals surface area (Å²) in [5.74, 6) is -0.410. The molecule has 3 rings (SSSR count). The van der Waals surface area contributed by atoms with E-state index in [1.165, 1.54) is 7.11 Å². The highest BCUT2D eigenvalue weighted by atomic mass is 32.2. The smallest absolute Gasteiger partial charge is 0.213 e. The van der Waals surface area contributed by atoms with Gasteiger partial charge in [-0.3, -0.25) is 4.79 Å². The van der Waals surface area contributed by atoms with Gasteiger partial charge in [-0.15, -0.1) is 0 Å². The number of benzene rings is 2. The zero-order chi connectivity index (χ0) is 22.8. The van der Waals surface area contributed by atoms with E-state index in [-0.39, 0.29) is 12.2 Å². The van der Waals surface area contributed by atoms with Crippen LogP contribution in [0.4, 0.5) is 0 Å². The second kappa shape index (κ2) is 8.66. The number of ketones is 1. The van der Waals surface area contributed by atoms with Gasteiger partial charge in [-0.1, -0.05) is 36.4 Å². The Bertz CT molecular complexity index is 1200. The van der Waals surface area contributed by atoms with Gasteiger partial charge in [0.1, 0.15) is 11.4 Å². The average Bonchev–Trinajstić information content (AvgIpc) is 3.06. The number of hydrogen-bond acceptors (Lipinski definition) is 5. The molecule has 164 valence electrons. The zero-order valence-corrected chi connectivity index (χ0v) is 18.5. The van der Waals surface area contributed by atoms with E-state index >= 15 is 0 Å². The van der Waals surface area contributed by atoms with Gasteiger partial charge >= 0.3 is 0 Å². The summed E-state index contributed by atoms with van der Waals surface area (Å²) in [4.78, 5) is 13.2. The van der Waals surface area contributed by atoms with E-state index in [4.69, 9.17) is 9.88 Å². The summed E-state index contributed by atoms with van der Waals surface area (Å²) >= 11 is 0. The molecule has 7 nitrogen and oxygen atoms in total. The third-order valence-corrected chi connectivity index (χ3v) is 6.16. The SMILES string of the molecule is COc1cc(C)ccc1C(=O)c1ccc(CC(O)(CS(N)(=O)=O)c2ccccc2)n1C. The van der Waals surface area contributed by atoms with Crippen molar-refractivity contribution in [3.63, 3.8) is 0 Å². The Hall–Kier alpha value is -2.94. The van der Waals surface area contributed by atoms with Gasteiger partial charge in [0.25, 0.3) is 0 Å². The Morgan fingerprint density at radius 2 is 1.81 bits per heavy atom. The molecule has 3 aromatic rings. The normalized spacial score (nSPS) is 13.6. The molecule has 8 heteroatoms. The fourth-order valence-electron chi connectivity index (χ4n) is 3.70. The number of hydrogen-bond donors (Lipinski definition) is 2. The summed E-state index contributed by atoms with van der Waals surface area (Å²) in [5, 5.41) is 16.6. The molecule has 1 heterocycles. The molecule has 0 spiro atoms. The van der Waals surface area contributed by atoms with Crippen LogP contribution in [0.15, 0.2) is 60.7 Å². The molecule has 0 bridgehead atoms. The molecule has 0 aliphatic heterocycles. The number of aromatic nitrogens is 1. The predicted octanol–water partition coefficient (Wildman–Crippen LogP) is 2.29. The number of ether oxygens (including phenoxy) is 1. The summed E-state index contributed by atoms with van der Waals surface area (Å²) in [7, 11) is -0.762. The van der Waals surface area contributed by atoms with Gasteiger partial charge in [-0.05, 0) is 42.3 Å². The van der Waals surface area contributed by atoms with Gasteiger partial charge in [0, 0.05) is 19.2 Å². The molecule has 0 saturated heterocycles. The molecule has 1 aromatic heterocycles. The highest BCUT2D eigenvalue weighted by molar-refractivity contribution is 7.89. The van der Waals surface area contributed by atoms with Crippen molar-refractivity contribution in [2.75, 3.05) is 12.9 Å². The van der Waals surface area contributed by atoms with Crippen molar-refractivity contribution in [1.29, 1.82) is 0 Å². The molecular weight excluding hydrogens is 416 g/mol. The third-order valence-electron chi connectivity index (χ3n) is 5.28. The molecule has 0 aliphatic carbocycles. The maximum absolute atomic E-state index is 13.2. The van der Waals surface area contributed by atoms with E-state index in [0.717, 1.165) is 5.56 Å². The van der Waals surface area contributed by atoms with Crippen LogP contribution in [-0.4, -0.2) is 36.7 Å². The number of aryl methyl sites for hydroxylation is 1. The summed E-state index contributed by atoms with van der Waals surface area (Å²) in [6.45, 7) is 1.91. The number of aliphatic hydroxyl groups is 1. The van der Waals surface area contributed by atoms with Crippen molar-refractivity contribution in [3.8, 4) is 5.75 Å². The van der Waals surface area contributed by atoms with E-state index < -0.39 is 21.4 Å². The topological polar surface area (TPSA) is 112 Å². The molecule has 3 N–H and O–H groups in total. The number of nitrogens with zero attached hydrogens (tertiary/aromatic N) is 1. The fourth-order valence-corrected chi connectivity index (χ4v) is 4.63. The summed E-state index contributed by atoms with van der Waals surface area (Å²) in [5.41, 5.74) is 1.05. The van der Waals surface area contributed by atoms with Gasteiger partial charge in [0.2, 0.25) is 15.8 Å². The molecule has 0 fully saturated rings. The van der Waals surface area contributed by atoms with E-state index in [1.54, 1.807) is 66.2 Å². The van der Waals surface area contributed by atoms with Crippen LogP contribution >= 0.6 is 0 Å². The van der Waals surface area contributed by atoms with Crippen LogP contribution in [0.25, 0.3) is 0 Å². The fraction of sp³-hybridized carbons (Fsp3) is 0.261. The Labute approximate surface area is 182 Å². The Morgan fingerprint density at radius 3 is 2.42 bits per heavy atom. The molecule has 0 aliphatic rings. The lowest BCUT2D eigenvalue weighted by molar-refractivity contribution is 0.0592. The minimum atomic E-state index is -3.97. The Kier molecular flexibility index (Phi) is 6.35. The first-order chi connectivity index (χ1) is 14.5. The molecule has 31 heavy (non-hydrogen) atoms. The van der Waals surface area contributed by atoms with E-state index in [1.807, 2.05) is 13.0 Å². The standard InChI is InChI=1S/C23H26N2O5S/c1-16-9-11-19(21(13-16)30-3)22(26)20-12-10-18(25(20)2)14-23(27,15-31(24,28)29)17-7-5-4-6-8-17/h4-13,27H,14-15H2,1-3H3,(H2,24,28,29). The number of rotatable bonds is 8. The lowest BCUT2D eigenvalue weighted by Gasteiger charge is -2.28. The average molecular weight is 443 g/mol. The number of primary sulfonamides is 1. The maximum Gasteiger partial charge on any atom is 0.213 e. The number of sulfonamides is 1. The quantitative estimate of drug-likeness (QED) is 0.520. The largest absolute Gasteiger partial charge is 0.496 e. The van der Waals surface area contributed by atoms with Gasteiger partial charge in [0.15, 0.2) is 0 Å². The van der Waals surface area contributed by atoms with Crippen LogP contribution in [0.5, 0.6) is 5.75 Å². The Balaban J connectivity index is 1.99. The second-order valence-corrected chi connectivity index (χ2v) is 9.30. The van der Waals surface area contributed by atoms with Crippen molar-refractivity contribution in [1.82, 2.24) is 4.57 Å². The van der Waals surface area contributed by atoms with Crippen LogP contribution in [0, 0.1) is 6.92 Å². The van der Waals surface area contributed by atoms with Crippen LogP contribution in [0.2, 0.25) is 0 Å². The number of nitrogens with two attached hydrogens (primary N) is 1. The molecule has 0 saturated carbocycles. The lowest BCUT2D eigenvalue weighted by Crippen LogP contribution is -2.39. The zero-order valence-electron chi connectivity index (χ0n) is 17.7. The second-order valence-electron chi connectivity index (χ2n) is 7.68. The summed E-state index contributed by atoms with van der Waals surface area (Å²) in [6, 6.07) is 17.2. The van der Waals surface area contributed by atoms with Crippen LogP contribution < -0.4 is 9.88 Å². The first-order valence-corrected chi connectivity index (χ1v) is 11.4. The van der Waals surface area contributed by atoms with E-state index in [9.17, 15) is 18.3 Å². The maximum atomic E-state index is 13.2. The first kappa shape index (κ1) is 22.7. The minimum absolute atomic E-state index is 0.0394.